The van der Waals surface area contributed by atoms with Crippen LogP contribution in [-0.2, 0) is 13.1 Å². The van der Waals surface area contributed by atoms with Gasteiger partial charge in [-0.3, -0.25) is 4.90 Å². The van der Waals surface area contributed by atoms with E-state index in [2.05, 4.69) is 41.5 Å². The molecule has 0 aliphatic carbocycles. The number of rotatable bonds is 2. The molecule has 18 heavy (non-hydrogen) atoms. The minimum Gasteiger partial charge on any atom is -0.342 e. The quantitative estimate of drug-likeness (QED) is 0.875. The minimum absolute atomic E-state index is 0.748. The monoisotopic (exact) mass is 243 g/mol. The predicted octanol–water partition coefficient (Wildman–Crippen LogP) is 2.03. The molecular formula is C15H21N3. The number of aromatic nitrogens is 1. The third kappa shape index (κ3) is 1.74. The van der Waals surface area contributed by atoms with E-state index in [0.29, 0.717) is 0 Å². The lowest BCUT2D eigenvalue weighted by molar-refractivity contribution is 0.229. The molecule has 0 spiro atoms. The Morgan fingerprint density at radius 2 is 1.94 bits per heavy atom. The summed E-state index contributed by atoms with van der Waals surface area (Å²) in [6.45, 7) is 9.39. The first kappa shape index (κ1) is 11.8. The van der Waals surface area contributed by atoms with Gasteiger partial charge in [0.2, 0.25) is 0 Å². The highest BCUT2D eigenvalue weighted by molar-refractivity contribution is 5.87. The van der Waals surface area contributed by atoms with Crippen molar-refractivity contribution in [2.45, 2.75) is 26.9 Å². The van der Waals surface area contributed by atoms with Crippen LogP contribution in [-0.4, -0.2) is 29.1 Å². The highest BCUT2D eigenvalue weighted by Gasteiger charge is 2.19. The first-order valence-electron chi connectivity index (χ1n) is 6.71. The van der Waals surface area contributed by atoms with E-state index < -0.39 is 0 Å². The fourth-order valence-electron chi connectivity index (χ4n) is 3.06. The summed E-state index contributed by atoms with van der Waals surface area (Å²) < 4.78 is 2.49. The number of nitrogens with zero attached hydrogens (tertiary/aromatic N) is 2. The van der Waals surface area contributed by atoms with Crippen LogP contribution in [0.3, 0.4) is 0 Å². The van der Waals surface area contributed by atoms with Crippen molar-refractivity contribution in [2.75, 3.05) is 19.6 Å². The van der Waals surface area contributed by atoms with Gasteiger partial charge >= 0.3 is 0 Å². The maximum Gasteiger partial charge on any atom is 0.0515 e. The smallest absolute Gasteiger partial charge is 0.0515 e. The molecule has 0 bridgehead atoms. The Morgan fingerprint density at radius 3 is 2.72 bits per heavy atom. The van der Waals surface area contributed by atoms with Crippen LogP contribution in [0.2, 0.25) is 0 Å². The molecule has 2 N–H and O–H groups in total. The Bertz CT molecular complexity index is 583. The van der Waals surface area contributed by atoms with E-state index >= 15 is 0 Å². The molecule has 1 aromatic heterocycles. The number of nitrogens with two attached hydrogens (primary N) is 1. The van der Waals surface area contributed by atoms with Crippen molar-refractivity contribution in [3.8, 4) is 0 Å². The average molecular weight is 243 g/mol. The van der Waals surface area contributed by atoms with Crippen LogP contribution in [0.25, 0.3) is 10.9 Å². The zero-order chi connectivity index (χ0) is 12.7. The lowest BCUT2D eigenvalue weighted by Crippen LogP contribution is -2.36. The Labute approximate surface area is 108 Å². The summed E-state index contributed by atoms with van der Waals surface area (Å²) in [7, 11) is 0. The van der Waals surface area contributed by atoms with Gasteiger partial charge in [-0.15, -0.1) is 0 Å². The van der Waals surface area contributed by atoms with E-state index in [4.69, 9.17) is 5.73 Å². The van der Waals surface area contributed by atoms with Crippen LogP contribution >= 0.6 is 0 Å². The first-order valence-corrected chi connectivity index (χ1v) is 6.71. The zero-order valence-corrected chi connectivity index (χ0v) is 11.2. The molecule has 0 fully saturated rings. The second-order valence-electron chi connectivity index (χ2n) is 5.31. The molecule has 1 aliphatic rings. The van der Waals surface area contributed by atoms with Gasteiger partial charge in [0.15, 0.2) is 0 Å². The molecular weight excluding hydrogens is 222 g/mol. The van der Waals surface area contributed by atoms with Gasteiger partial charge in [0.1, 0.15) is 0 Å². The summed E-state index contributed by atoms with van der Waals surface area (Å²) in [5.74, 6) is 0. The van der Waals surface area contributed by atoms with Crippen molar-refractivity contribution >= 4 is 10.9 Å². The van der Waals surface area contributed by atoms with E-state index in [9.17, 15) is 0 Å². The van der Waals surface area contributed by atoms with Crippen molar-refractivity contribution < 1.29 is 0 Å². The second kappa shape index (κ2) is 4.41. The van der Waals surface area contributed by atoms with Crippen molar-refractivity contribution in [3.05, 3.63) is 35.0 Å². The van der Waals surface area contributed by atoms with Gasteiger partial charge in [-0.25, -0.2) is 0 Å². The normalized spacial score (nSPS) is 16.2. The summed E-state index contributed by atoms with van der Waals surface area (Å²) in [5, 5.41) is 1.42. The molecule has 0 atom stereocenters. The van der Waals surface area contributed by atoms with Crippen LogP contribution in [0.4, 0.5) is 0 Å². The summed E-state index contributed by atoms with van der Waals surface area (Å²) in [4.78, 5) is 2.44. The van der Waals surface area contributed by atoms with Crippen molar-refractivity contribution in [2.24, 2.45) is 5.73 Å². The van der Waals surface area contributed by atoms with Gasteiger partial charge in [0, 0.05) is 43.8 Å². The molecule has 96 valence electrons. The van der Waals surface area contributed by atoms with Crippen molar-refractivity contribution in [1.29, 1.82) is 0 Å². The maximum atomic E-state index is 5.65. The minimum atomic E-state index is 0.748. The number of hydrogen-bond acceptors (Lipinski definition) is 2. The predicted molar refractivity (Wildman–Crippen MR) is 75.7 cm³/mol. The summed E-state index contributed by atoms with van der Waals surface area (Å²) in [6.07, 6.45) is 0. The Morgan fingerprint density at radius 1 is 1.17 bits per heavy atom. The van der Waals surface area contributed by atoms with E-state index in [-0.39, 0.29) is 0 Å². The van der Waals surface area contributed by atoms with E-state index in [1.54, 1.807) is 0 Å². The average Bonchev–Trinajstić information content (AvgIpc) is 2.74. The first-order chi connectivity index (χ1) is 8.70. The van der Waals surface area contributed by atoms with Crippen molar-refractivity contribution in [1.82, 2.24) is 9.47 Å². The fraction of sp³-hybridized carbons (Fsp3) is 0.467. The van der Waals surface area contributed by atoms with E-state index in [1.165, 1.54) is 27.7 Å². The second-order valence-corrected chi connectivity index (χ2v) is 5.31. The number of hydrogen-bond donors (Lipinski definition) is 1. The third-order valence-corrected chi connectivity index (χ3v) is 4.04. The molecule has 0 saturated heterocycles. The molecule has 3 rings (SSSR count). The number of benzene rings is 1. The molecule has 2 heterocycles. The SMILES string of the molecule is Cc1ccc(C)c2c1cc1n2CCN(CCN)C1. The molecule has 3 heteroatoms. The van der Waals surface area contributed by atoms with Gasteiger partial charge < -0.3 is 10.3 Å². The van der Waals surface area contributed by atoms with Gasteiger partial charge in [-0.1, -0.05) is 12.1 Å². The largest absolute Gasteiger partial charge is 0.342 e. The van der Waals surface area contributed by atoms with Crippen LogP contribution < -0.4 is 5.73 Å². The summed E-state index contributed by atoms with van der Waals surface area (Å²) >= 11 is 0. The summed E-state index contributed by atoms with van der Waals surface area (Å²) in [5.41, 5.74) is 11.3. The molecule has 2 aromatic rings. The van der Waals surface area contributed by atoms with Gasteiger partial charge in [-0.05, 0) is 31.0 Å². The Balaban J connectivity index is 2.10. The highest BCUT2D eigenvalue weighted by Crippen LogP contribution is 2.28. The van der Waals surface area contributed by atoms with Crippen molar-refractivity contribution in [3.63, 3.8) is 0 Å². The van der Waals surface area contributed by atoms with Crippen LogP contribution in [0, 0.1) is 13.8 Å². The number of aryl methyl sites for hydroxylation is 2. The topological polar surface area (TPSA) is 34.2 Å². The lowest BCUT2D eigenvalue weighted by atomic mass is 10.1. The Kier molecular flexibility index (Phi) is 2.88. The molecule has 1 aromatic carbocycles. The van der Waals surface area contributed by atoms with Crippen LogP contribution in [0.1, 0.15) is 16.8 Å². The van der Waals surface area contributed by atoms with Gasteiger partial charge in [0.05, 0.1) is 5.52 Å². The molecule has 3 nitrogen and oxygen atoms in total. The Hall–Kier alpha value is -1.32. The molecule has 0 radical (unpaired) electrons. The van der Waals surface area contributed by atoms with Gasteiger partial charge in [-0.2, -0.15) is 0 Å². The fourth-order valence-corrected chi connectivity index (χ4v) is 3.06. The zero-order valence-electron chi connectivity index (χ0n) is 11.2. The summed E-state index contributed by atoms with van der Waals surface area (Å²) in [6, 6.07) is 6.82. The molecule has 0 unspecified atom stereocenters. The third-order valence-electron chi connectivity index (χ3n) is 4.04. The highest BCUT2D eigenvalue weighted by atomic mass is 15.2. The molecule has 0 amide bonds. The van der Waals surface area contributed by atoms with Crippen LogP contribution in [0.5, 0.6) is 0 Å². The standard InChI is InChI=1S/C15H21N3/c1-11-3-4-12(2)15-14(11)9-13-10-17(6-5-16)7-8-18(13)15/h3-4,9H,5-8,10,16H2,1-2H3. The van der Waals surface area contributed by atoms with E-state index in [0.717, 1.165) is 32.7 Å². The van der Waals surface area contributed by atoms with Crippen LogP contribution in [0.15, 0.2) is 18.2 Å². The number of fused-ring (bicyclic) bond motifs is 3. The maximum absolute atomic E-state index is 5.65. The lowest BCUT2D eigenvalue weighted by Gasteiger charge is -2.28. The molecule has 1 aliphatic heterocycles. The van der Waals surface area contributed by atoms with E-state index in [1.807, 2.05) is 0 Å². The van der Waals surface area contributed by atoms with Gasteiger partial charge in [0.25, 0.3) is 0 Å². The molecule has 0 saturated carbocycles.